The molecule has 2 rings (SSSR count). The SMILES string of the molecule is CCc1nn(C)cc1C(C(N)=O)N1CCNCC1. The number of piperazine rings is 1. The third kappa shape index (κ3) is 2.54. The zero-order valence-electron chi connectivity index (χ0n) is 11.0. The van der Waals surface area contributed by atoms with Crippen LogP contribution in [0.2, 0.25) is 0 Å². The second-order valence-electron chi connectivity index (χ2n) is 4.65. The van der Waals surface area contributed by atoms with Crippen molar-refractivity contribution in [3.63, 3.8) is 0 Å². The number of amides is 1. The summed E-state index contributed by atoms with van der Waals surface area (Å²) < 4.78 is 1.76. The van der Waals surface area contributed by atoms with E-state index in [4.69, 9.17) is 5.73 Å². The van der Waals surface area contributed by atoms with E-state index in [2.05, 4.69) is 15.3 Å². The summed E-state index contributed by atoms with van der Waals surface area (Å²) in [6.07, 6.45) is 2.72. The van der Waals surface area contributed by atoms with Gasteiger partial charge in [-0.3, -0.25) is 14.4 Å². The molecule has 6 heteroatoms. The number of hydrogen-bond acceptors (Lipinski definition) is 4. The number of hydrogen-bond donors (Lipinski definition) is 2. The molecule has 0 spiro atoms. The van der Waals surface area contributed by atoms with Gasteiger partial charge in [0.2, 0.25) is 5.91 Å². The van der Waals surface area contributed by atoms with Gasteiger partial charge >= 0.3 is 0 Å². The van der Waals surface area contributed by atoms with Crippen LogP contribution in [0.25, 0.3) is 0 Å². The molecule has 1 aliphatic heterocycles. The van der Waals surface area contributed by atoms with Gasteiger partial charge in [0.1, 0.15) is 6.04 Å². The van der Waals surface area contributed by atoms with Crippen LogP contribution in [0.1, 0.15) is 24.2 Å². The van der Waals surface area contributed by atoms with Crippen molar-refractivity contribution < 1.29 is 4.79 Å². The Morgan fingerprint density at radius 1 is 1.56 bits per heavy atom. The molecule has 2 heterocycles. The van der Waals surface area contributed by atoms with Gasteiger partial charge < -0.3 is 11.1 Å². The number of nitrogens with one attached hydrogen (secondary N) is 1. The Labute approximate surface area is 107 Å². The highest BCUT2D eigenvalue weighted by molar-refractivity contribution is 5.81. The molecule has 1 fully saturated rings. The Morgan fingerprint density at radius 2 is 2.22 bits per heavy atom. The molecule has 3 N–H and O–H groups in total. The first-order valence-electron chi connectivity index (χ1n) is 6.40. The zero-order valence-corrected chi connectivity index (χ0v) is 11.0. The van der Waals surface area contributed by atoms with E-state index in [1.807, 2.05) is 20.2 Å². The number of aryl methyl sites for hydroxylation is 2. The van der Waals surface area contributed by atoms with E-state index in [-0.39, 0.29) is 11.9 Å². The first-order chi connectivity index (χ1) is 8.63. The lowest BCUT2D eigenvalue weighted by atomic mass is 10.0. The van der Waals surface area contributed by atoms with E-state index in [0.717, 1.165) is 43.9 Å². The van der Waals surface area contributed by atoms with Gasteiger partial charge in [0.15, 0.2) is 0 Å². The summed E-state index contributed by atoms with van der Waals surface area (Å²) in [7, 11) is 1.87. The first-order valence-corrected chi connectivity index (χ1v) is 6.40. The standard InChI is InChI=1S/C12H21N5O/c1-3-10-9(8-16(2)15-10)11(12(13)18)17-6-4-14-5-7-17/h8,11,14H,3-7H2,1-2H3,(H2,13,18). The highest BCUT2D eigenvalue weighted by atomic mass is 16.1. The summed E-state index contributed by atoms with van der Waals surface area (Å²) in [5.41, 5.74) is 7.51. The van der Waals surface area contributed by atoms with Gasteiger partial charge in [-0.1, -0.05) is 6.92 Å². The molecule has 1 aromatic heterocycles. The van der Waals surface area contributed by atoms with Crippen LogP contribution in [0, 0.1) is 0 Å². The molecule has 0 saturated carbocycles. The van der Waals surface area contributed by atoms with E-state index < -0.39 is 0 Å². The van der Waals surface area contributed by atoms with E-state index in [0.29, 0.717) is 0 Å². The van der Waals surface area contributed by atoms with Crippen LogP contribution in [0.4, 0.5) is 0 Å². The van der Waals surface area contributed by atoms with Gasteiger partial charge in [0, 0.05) is 45.0 Å². The van der Waals surface area contributed by atoms with Crippen molar-refractivity contribution in [1.29, 1.82) is 0 Å². The molecule has 1 aliphatic rings. The van der Waals surface area contributed by atoms with Crippen LogP contribution < -0.4 is 11.1 Å². The Morgan fingerprint density at radius 3 is 2.78 bits per heavy atom. The summed E-state index contributed by atoms with van der Waals surface area (Å²) in [5, 5.41) is 7.67. The van der Waals surface area contributed by atoms with Crippen molar-refractivity contribution in [3.8, 4) is 0 Å². The second kappa shape index (κ2) is 5.49. The van der Waals surface area contributed by atoms with Crippen LogP contribution in [0.5, 0.6) is 0 Å². The lowest BCUT2D eigenvalue weighted by Gasteiger charge is -2.33. The molecule has 0 aromatic carbocycles. The minimum absolute atomic E-state index is 0.292. The number of aromatic nitrogens is 2. The fourth-order valence-corrected chi connectivity index (χ4v) is 2.53. The average Bonchev–Trinajstić information content (AvgIpc) is 2.71. The van der Waals surface area contributed by atoms with Crippen molar-refractivity contribution in [2.75, 3.05) is 26.2 Å². The highest BCUT2D eigenvalue weighted by Crippen LogP contribution is 2.24. The molecule has 1 amide bonds. The zero-order chi connectivity index (χ0) is 13.1. The lowest BCUT2D eigenvalue weighted by molar-refractivity contribution is -0.123. The third-order valence-electron chi connectivity index (χ3n) is 3.35. The molecular weight excluding hydrogens is 230 g/mol. The maximum absolute atomic E-state index is 11.8. The van der Waals surface area contributed by atoms with Gasteiger partial charge in [0.25, 0.3) is 0 Å². The first kappa shape index (κ1) is 13.0. The van der Waals surface area contributed by atoms with E-state index >= 15 is 0 Å². The van der Waals surface area contributed by atoms with Crippen LogP contribution in [0.15, 0.2) is 6.20 Å². The Hall–Kier alpha value is -1.40. The number of primary amides is 1. The highest BCUT2D eigenvalue weighted by Gasteiger charge is 2.29. The molecule has 0 aliphatic carbocycles. The van der Waals surface area contributed by atoms with Crippen molar-refractivity contribution >= 4 is 5.91 Å². The Kier molecular flexibility index (Phi) is 3.98. The summed E-state index contributed by atoms with van der Waals surface area (Å²) >= 11 is 0. The fourth-order valence-electron chi connectivity index (χ4n) is 2.53. The Balaban J connectivity index is 2.31. The van der Waals surface area contributed by atoms with E-state index in [1.165, 1.54) is 0 Å². The molecule has 18 heavy (non-hydrogen) atoms. The van der Waals surface area contributed by atoms with Gasteiger partial charge in [-0.25, -0.2) is 0 Å². The molecule has 0 radical (unpaired) electrons. The summed E-state index contributed by atoms with van der Waals surface area (Å²) in [6.45, 7) is 5.51. The normalized spacial score (nSPS) is 18.8. The Bertz CT molecular complexity index is 422. The number of nitrogens with two attached hydrogens (primary N) is 1. The van der Waals surface area contributed by atoms with Gasteiger partial charge in [-0.05, 0) is 6.42 Å². The molecule has 0 bridgehead atoms. The smallest absolute Gasteiger partial charge is 0.239 e. The quantitative estimate of drug-likeness (QED) is 0.750. The predicted molar refractivity (Wildman–Crippen MR) is 69.0 cm³/mol. The lowest BCUT2D eigenvalue weighted by Crippen LogP contribution is -2.48. The van der Waals surface area contributed by atoms with Crippen molar-refractivity contribution in [2.45, 2.75) is 19.4 Å². The topological polar surface area (TPSA) is 76.2 Å². The second-order valence-corrected chi connectivity index (χ2v) is 4.65. The summed E-state index contributed by atoms with van der Waals surface area (Å²) in [4.78, 5) is 13.9. The van der Waals surface area contributed by atoms with Gasteiger partial charge in [0.05, 0.1) is 5.69 Å². The van der Waals surface area contributed by atoms with Crippen LogP contribution in [-0.4, -0.2) is 46.8 Å². The number of carbonyl (C=O) groups excluding carboxylic acids is 1. The van der Waals surface area contributed by atoms with Gasteiger partial charge in [-0.15, -0.1) is 0 Å². The maximum Gasteiger partial charge on any atom is 0.239 e. The number of rotatable bonds is 4. The minimum Gasteiger partial charge on any atom is -0.368 e. The predicted octanol–water partition coefficient (Wildman–Crippen LogP) is -0.586. The van der Waals surface area contributed by atoms with Crippen molar-refractivity contribution in [1.82, 2.24) is 20.0 Å². The average molecular weight is 251 g/mol. The molecule has 1 atom stereocenters. The molecule has 100 valence electrons. The molecule has 6 nitrogen and oxygen atoms in total. The number of nitrogens with zero attached hydrogens (tertiary/aromatic N) is 3. The minimum atomic E-state index is -0.351. The monoisotopic (exact) mass is 251 g/mol. The fraction of sp³-hybridized carbons (Fsp3) is 0.667. The summed E-state index contributed by atoms with van der Waals surface area (Å²) in [5.74, 6) is -0.292. The molecule has 1 aromatic rings. The van der Waals surface area contributed by atoms with Crippen molar-refractivity contribution in [3.05, 3.63) is 17.5 Å². The molecular formula is C12H21N5O. The summed E-state index contributed by atoms with van der Waals surface area (Å²) in [6, 6.07) is -0.351. The molecule has 1 unspecified atom stereocenters. The molecule has 1 saturated heterocycles. The maximum atomic E-state index is 11.8. The number of carbonyl (C=O) groups is 1. The van der Waals surface area contributed by atoms with E-state index in [1.54, 1.807) is 4.68 Å². The van der Waals surface area contributed by atoms with Crippen LogP contribution in [-0.2, 0) is 18.3 Å². The van der Waals surface area contributed by atoms with Gasteiger partial charge in [-0.2, -0.15) is 5.10 Å². The van der Waals surface area contributed by atoms with Crippen molar-refractivity contribution in [2.24, 2.45) is 12.8 Å². The largest absolute Gasteiger partial charge is 0.368 e. The van der Waals surface area contributed by atoms with Crippen LogP contribution >= 0.6 is 0 Å². The van der Waals surface area contributed by atoms with Crippen LogP contribution in [0.3, 0.4) is 0 Å². The third-order valence-corrected chi connectivity index (χ3v) is 3.35. The van der Waals surface area contributed by atoms with E-state index in [9.17, 15) is 4.79 Å².